The van der Waals surface area contributed by atoms with Crippen LogP contribution in [-0.4, -0.2) is 15.1 Å². The smallest absolute Gasteiger partial charge is 0.0793 e. The van der Waals surface area contributed by atoms with Crippen molar-refractivity contribution in [2.24, 2.45) is 0 Å². The van der Waals surface area contributed by atoms with E-state index in [9.17, 15) is 5.11 Å². The van der Waals surface area contributed by atoms with Crippen LogP contribution in [0, 0.1) is 0 Å². The molecule has 3 heteroatoms. The summed E-state index contributed by atoms with van der Waals surface area (Å²) in [7, 11) is 0. The molecule has 16 heavy (non-hydrogen) atoms. The van der Waals surface area contributed by atoms with E-state index in [-0.39, 0.29) is 0 Å². The molecule has 0 aliphatic rings. The van der Waals surface area contributed by atoms with Gasteiger partial charge in [-0.2, -0.15) is 0 Å². The van der Waals surface area contributed by atoms with Gasteiger partial charge in [0.2, 0.25) is 0 Å². The number of hydrogen-bond donors (Lipinski definition) is 1. The van der Waals surface area contributed by atoms with Gasteiger partial charge in [0.25, 0.3) is 0 Å². The standard InChI is InChI=1S/C13H14N2O/c16-13(11-4-2-1-3-5-11)7-6-12-10-14-8-9-15-12/h1-5,8-10,13,16H,6-7H2. The summed E-state index contributed by atoms with van der Waals surface area (Å²) in [6.07, 6.45) is 6.04. The molecule has 0 spiro atoms. The molecule has 1 atom stereocenters. The largest absolute Gasteiger partial charge is 0.388 e. The summed E-state index contributed by atoms with van der Waals surface area (Å²) in [5.74, 6) is 0. The molecule has 0 aliphatic heterocycles. The third-order valence-corrected chi connectivity index (χ3v) is 2.47. The molecule has 0 bridgehead atoms. The second kappa shape index (κ2) is 5.37. The van der Waals surface area contributed by atoms with E-state index in [1.807, 2.05) is 30.3 Å². The lowest BCUT2D eigenvalue weighted by Gasteiger charge is -2.09. The van der Waals surface area contributed by atoms with Gasteiger partial charge in [-0.25, -0.2) is 0 Å². The zero-order valence-corrected chi connectivity index (χ0v) is 8.95. The number of aliphatic hydroxyl groups is 1. The summed E-state index contributed by atoms with van der Waals surface area (Å²) in [5, 5.41) is 9.93. The highest BCUT2D eigenvalue weighted by Crippen LogP contribution is 2.17. The van der Waals surface area contributed by atoms with E-state index in [1.54, 1.807) is 18.6 Å². The Balaban J connectivity index is 1.92. The Hall–Kier alpha value is -1.74. The van der Waals surface area contributed by atoms with Gasteiger partial charge in [0.05, 0.1) is 11.8 Å². The molecule has 1 aromatic heterocycles. The van der Waals surface area contributed by atoms with Crippen LogP contribution in [0.3, 0.4) is 0 Å². The van der Waals surface area contributed by atoms with Crippen molar-refractivity contribution in [1.82, 2.24) is 9.97 Å². The molecule has 0 amide bonds. The average Bonchev–Trinajstić information content (AvgIpc) is 2.38. The molecule has 3 nitrogen and oxygen atoms in total. The molecule has 0 aliphatic carbocycles. The van der Waals surface area contributed by atoms with Gasteiger partial charge in [0.15, 0.2) is 0 Å². The quantitative estimate of drug-likeness (QED) is 0.848. The molecule has 0 radical (unpaired) electrons. The number of rotatable bonds is 4. The summed E-state index contributed by atoms with van der Waals surface area (Å²) in [6.45, 7) is 0. The van der Waals surface area contributed by atoms with Gasteiger partial charge >= 0.3 is 0 Å². The van der Waals surface area contributed by atoms with Gasteiger partial charge in [-0.3, -0.25) is 9.97 Å². The number of hydrogen-bond acceptors (Lipinski definition) is 3. The maximum Gasteiger partial charge on any atom is 0.0793 e. The third-order valence-electron chi connectivity index (χ3n) is 2.47. The van der Waals surface area contributed by atoms with Gasteiger partial charge in [0, 0.05) is 18.6 Å². The molecule has 82 valence electrons. The van der Waals surface area contributed by atoms with Gasteiger partial charge in [-0.05, 0) is 18.4 Å². The van der Waals surface area contributed by atoms with E-state index < -0.39 is 6.10 Å². The Morgan fingerprint density at radius 2 is 1.94 bits per heavy atom. The van der Waals surface area contributed by atoms with E-state index in [1.165, 1.54) is 0 Å². The van der Waals surface area contributed by atoms with Gasteiger partial charge < -0.3 is 5.11 Å². The van der Waals surface area contributed by atoms with E-state index >= 15 is 0 Å². The van der Waals surface area contributed by atoms with Gasteiger partial charge in [-0.15, -0.1) is 0 Å². The van der Waals surface area contributed by atoms with E-state index in [4.69, 9.17) is 0 Å². The lowest BCUT2D eigenvalue weighted by molar-refractivity contribution is 0.167. The van der Waals surface area contributed by atoms with Crippen LogP contribution in [0.15, 0.2) is 48.9 Å². The van der Waals surface area contributed by atoms with Crippen molar-refractivity contribution >= 4 is 0 Å². The molecule has 0 fully saturated rings. The number of benzene rings is 1. The maximum atomic E-state index is 9.93. The Morgan fingerprint density at radius 1 is 1.12 bits per heavy atom. The van der Waals surface area contributed by atoms with Crippen molar-refractivity contribution < 1.29 is 5.11 Å². The molecular weight excluding hydrogens is 200 g/mol. The molecule has 1 unspecified atom stereocenters. The zero-order valence-electron chi connectivity index (χ0n) is 8.95. The molecule has 1 heterocycles. The highest BCUT2D eigenvalue weighted by atomic mass is 16.3. The van der Waals surface area contributed by atoms with Crippen molar-refractivity contribution in [1.29, 1.82) is 0 Å². The van der Waals surface area contributed by atoms with Crippen LogP contribution in [0.5, 0.6) is 0 Å². The lowest BCUT2D eigenvalue weighted by atomic mass is 10.0. The highest BCUT2D eigenvalue weighted by Gasteiger charge is 2.07. The minimum Gasteiger partial charge on any atom is -0.388 e. The lowest BCUT2D eigenvalue weighted by Crippen LogP contribution is -2.00. The molecule has 2 rings (SSSR count). The number of aliphatic hydroxyl groups excluding tert-OH is 1. The third kappa shape index (κ3) is 2.87. The second-order valence-corrected chi connectivity index (χ2v) is 3.66. The van der Waals surface area contributed by atoms with Gasteiger partial charge in [-0.1, -0.05) is 30.3 Å². The average molecular weight is 214 g/mol. The molecular formula is C13H14N2O. The minimum atomic E-state index is -0.428. The zero-order chi connectivity index (χ0) is 11.2. The van der Waals surface area contributed by atoms with Crippen molar-refractivity contribution in [3.63, 3.8) is 0 Å². The first-order valence-corrected chi connectivity index (χ1v) is 5.34. The summed E-state index contributed by atoms with van der Waals surface area (Å²) >= 11 is 0. The SMILES string of the molecule is OC(CCc1cnccn1)c1ccccc1. The van der Waals surface area contributed by atoms with E-state index in [0.29, 0.717) is 6.42 Å². The van der Waals surface area contributed by atoms with Crippen molar-refractivity contribution in [3.05, 3.63) is 60.2 Å². The number of nitrogens with zero attached hydrogens (tertiary/aromatic N) is 2. The Labute approximate surface area is 94.8 Å². The van der Waals surface area contributed by atoms with Crippen LogP contribution < -0.4 is 0 Å². The number of aryl methyl sites for hydroxylation is 1. The van der Waals surface area contributed by atoms with Crippen LogP contribution in [0.25, 0.3) is 0 Å². The van der Waals surface area contributed by atoms with Crippen LogP contribution in [-0.2, 0) is 6.42 Å². The van der Waals surface area contributed by atoms with Crippen LogP contribution >= 0.6 is 0 Å². The summed E-state index contributed by atoms with van der Waals surface area (Å²) in [5.41, 5.74) is 1.86. The normalized spacial score (nSPS) is 12.3. The van der Waals surface area contributed by atoms with Crippen LogP contribution in [0.2, 0.25) is 0 Å². The molecule has 1 aromatic carbocycles. The first kappa shape index (κ1) is 10.8. The van der Waals surface area contributed by atoms with Gasteiger partial charge in [0.1, 0.15) is 0 Å². The highest BCUT2D eigenvalue weighted by molar-refractivity contribution is 5.17. The molecule has 0 saturated heterocycles. The van der Waals surface area contributed by atoms with Crippen molar-refractivity contribution in [2.45, 2.75) is 18.9 Å². The van der Waals surface area contributed by atoms with Crippen LogP contribution in [0.1, 0.15) is 23.8 Å². The fourth-order valence-electron chi connectivity index (χ4n) is 1.59. The first-order chi connectivity index (χ1) is 7.86. The molecule has 2 aromatic rings. The fraction of sp³-hybridized carbons (Fsp3) is 0.231. The monoisotopic (exact) mass is 214 g/mol. The van der Waals surface area contributed by atoms with E-state index in [0.717, 1.165) is 17.7 Å². The predicted molar refractivity (Wildman–Crippen MR) is 61.8 cm³/mol. The topological polar surface area (TPSA) is 46.0 Å². The Kier molecular flexibility index (Phi) is 3.62. The van der Waals surface area contributed by atoms with Crippen molar-refractivity contribution in [3.8, 4) is 0 Å². The predicted octanol–water partition coefficient (Wildman–Crippen LogP) is 2.14. The van der Waals surface area contributed by atoms with Crippen LogP contribution in [0.4, 0.5) is 0 Å². The van der Waals surface area contributed by atoms with E-state index in [2.05, 4.69) is 9.97 Å². The first-order valence-electron chi connectivity index (χ1n) is 5.34. The molecule has 0 saturated carbocycles. The van der Waals surface area contributed by atoms with Crippen molar-refractivity contribution in [2.75, 3.05) is 0 Å². The summed E-state index contributed by atoms with van der Waals surface area (Å²) in [4.78, 5) is 8.16. The second-order valence-electron chi connectivity index (χ2n) is 3.66. The summed E-state index contributed by atoms with van der Waals surface area (Å²) in [6, 6.07) is 9.67. The fourth-order valence-corrected chi connectivity index (χ4v) is 1.59. The number of aromatic nitrogens is 2. The maximum absolute atomic E-state index is 9.93. The Bertz CT molecular complexity index is 416. The summed E-state index contributed by atoms with van der Waals surface area (Å²) < 4.78 is 0. The Morgan fingerprint density at radius 3 is 2.62 bits per heavy atom. The molecule has 1 N–H and O–H groups in total. The minimum absolute atomic E-state index is 0.428.